The monoisotopic (exact) mass is 335 g/mol. The fraction of sp³-hybridized carbons (Fsp3) is 0.471. The molecule has 0 aliphatic carbocycles. The Kier molecular flexibility index (Phi) is 5.14. The molecule has 0 spiro atoms. The molecule has 0 radical (unpaired) electrons. The first kappa shape index (κ1) is 17.5. The minimum Gasteiger partial charge on any atom is -0.378 e. The lowest BCUT2D eigenvalue weighted by atomic mass is 10.1. The molecule has 0 amide bonds. The summed E-state index contributed by atoms with van der Waals surface area (Å²) in [6, 6.07) is 8.34. The number of aryl methyl sites for hydroxylation is 3. The van der Waals surface area contributed by atoms with E-state index in [4.69, 9.17) is 0 Å². The second-order valence-electron chi connectivity index (χ2n) is 6.17. The second kappa shape index (κ2) is 6.74. The Morgan fingerprint density at radius 2 is 1.96 bits per heavy atom. The normalized spacial score (nSPS) is 13.1. The second-order valence-corrected chi connectivity index (χ2v) is 8.43. The molecule has 1 aromatic carbocycles. The molecular weight excluding hydrogens is 310 g/mol. The predicted octanol–water partition coefficient (Wildman–Crippen LogP) is 3.03. The smallest absolute Gasteiger partial charge is 0.149 e. The molecule has 0 saturated heterocycles. The fourth-order valence-electron chi connectivity index (χ4n) is 2.86. The quantitative estimate of drug-likeness (QED) is 0.881. The molecule has 126 valence electrons. The lowest BCUT2D eigenvalue weighted by Crippen LogP contribution is -2.14. The molecule has 1 N–H and O–H groups in total. The number of sulfone groups is 1. The van der Waals surface area contributed by atoms with E-state index in [1.165, 1.54) is 11.8 Å². The summed E-state index contributed by atoms with van der Waals surface area (Å²) in [5.41, 5.74) is 5.35. The van der Waals surface area contributed by atoms with Gasteiger partial charge in [0.2, 0.25) is 0 Å². The SMILES string of the molecule is Cc1cccc(NC(C)c2c(C)nn(CCS(C)(=O)=O)c2C)c1. The Balaban J connectivity index is 2.20. The van der Waals surface area contributed by atoms with Crippen LogP contribution in [0, 0.1) is 20.8 Å². The number of rotatable bonds is 6. The van der Waals surface area contributed by atoms with Crippen LogP contribution in [-0.4, -0.2) is 30.2 Å². The summed E-state index contributed by atoms with van der Waals surface area (Å²) in [6.07, 6.45) is 1.25. The van der Waals surface area contributed by atoms with E-state index in [9.17, 15) is 8.42 Å². The van der Waals surface area contributed by atoms with Gasteiger partial charge in [0, 0.05) is 23.2 Å². The summed E-state index contributed by atoms with van der Waals surface area (Å²) in [7, 11) is -2.99. The first-order valence-corrected chi connectivity index (χ1v) is 9.78. The standard InChI is InChI=1S/C17H25N3O2S/c1-12-7-6-8-16(11-12)18-13(2)17-14(3)19-20(15(17)4)9-10-23(5,21)22/h6-8,11,13,18H,9-10H2,1-5H3. The van der Waals surface area contributed by atoms with Crippen LogP contribution in [0.25, 0.3) is 0 Å². The van der Waals surface area contributed by atoms with Crippen molar-refractivity contribution < 1.29 is 8.42 Å². The maximum Gasteiger partial charge on any atom is 0.149 e. The molecule has 2 rings (SSSR count). The van der Waals surface area contributed by atoms with Crippen LogP contribution in [0.5, 0.6) is 0 Å². The summed E-state index contributed by atoms with van der Waals surface area (Å²) >= 11 is 0. The highest BCUT2D eigenvalue weighted by Crippen LogP contribution is 2.25. The molecule has 23 heavy (non-hydrogen) atoms. The summed E-state index contributed by atoms with van der Waals surface area (Å²) in [5.74, 6) is 0.105. The molecule has 6 heteroatoms. The van der Waals surface area contributed by atoms with Crippen LogP contribution in [0.1, 0.15) is 35.5 Å². The maximum atomic E-state index is 11.4. The van der Waals surface area contributed by atoms with E-state index in [1.807, 2.05) is 26.0 Å². The Hall–Kier alpha value is -1.82. The average Bonchev–Trinajstić information content (AvgIpc) is 2.70. The molecule has 0 bridgehead atoms. The van der Waals surface area contributed by atoms with Crippen LogP contribution in [0.3, 0.4) is 0 Å². The molecular formula is C17H25N3O2S. The summed E-state index contributed by atoms with van der Waals surface area (Å²) in [5, 5.41) is 8.00. The molecule has 1 heterocycles. The molecule has 1 unspecified atom stereocenters. The van der Waals surface area contributed by atoms with Gasteiger partial charge in [0.05, 0.1) is 24.0 Å². The Morgan fingerprint density at radius 3 is 2.57 bits per heavy atom. The highest BCUT2D eigenvalue weighted by Gasteiger charge is 2.18. The van der Waals surface area contributed by atoms with Crippen LogP contribution in [0.2, 0.25) is 0 Å². The van der Waals surface area contributed by atoms with Gasteiger partial charge in [0.15, 0.2) is 0 Å². The minimum absolute atomic E-state index is 0.101. The third-order valence-electron chi connectivity index (χ3n) is 3.95. The van der Waals surface area contributed by atoms with Gasteiger partial charge in [-0.15, -0.1) is 0 Å². The van der Waals surface area contributed by atoms with Gasteiger partial charge >= 0.3 is 0 Å². The van der Waals surface area contributed by atoms with Crippen molar-refractivity contribution in [3.8, 4) is 0 Å². The average molecular weight is 335 g/mol. The van der Waals surface area contributed by atoms with Crippen molar-refractivity contribution >= 4 is 15.5 Å². The van der Waals surface area contributed by atoms with Gasteiger partial charge in [-0.2, -0.15) is 5.10 Å². The van der Waals surface area contributed by atoms with Crippen LogP contribution in [0.4, 0.5) is 5.69 Å². The van der Waals surface area contributed by atoms with Crippen molar-refractivity contribution in [2.45, 2.75) is 40.3 Å². The van der Waals surface area contributed by atoms with Crippen LogP contribution >= 0.6 is 0 Å². The topological polar surface area (TPSA) is 64.0 Å². The maximum absolute atomic E-state index is 11.4. The Bertz CT molecular complexity index is 794. The van der Waals surface area contributed by atoms with E-state index in [0.717, 1.165) is 22.6 Å². The van der Waals surface area contributed by atoms with Crippen molar-refractivity contribution in [1.29, 1.82) is 0 Å². The minimum atomic E-state index is -2.99. The van der Waals surface area contributed by atoms with Gasteiger partial charge in [0.1, 0.15) is 9.84 Å². The van der Waals surface area contributed by atoms with Crippen molar-refractivity contribution in [2.75, 3.05) is 17.3 Å². The van der Waals surface area contributed by atoms with Crippen LogP contribution in [-0.2, 0) is 16.4 Å². The fourth-order valence-corrected chi connectivity index (χ4v) is 3.37. The van der Waals surface area contributed by atoms with E-state index in [-0.39, 0.29) is 11.8 Å². The molecule has 0 aliphatic heterocycles. The molecule has 5 nitrogen and oxygen atoms in total. The number of nitrogens with one attached hydrogen (secondary N) is 1. The molecule has 0 saturated carbocycles. The zero-order valence-electron chi connectivity index (χ0n) is 14.4. The summed E-state index contributed by atoms with van der Waals surface area (Å²) in [4.78, 5) is 0. The molecule has 1 aromatic heterocycles. The van der Waals surface area contributed by atoms with Gasteiger partial charge in [0.25, 0.3) is 0 Å². The molecule has 2 aromatic rings. The van der Waals surface area contributed by atoms with Crippen molar-refractivity contribution in [3.63, 3.8) is 0 Å². The number of hydrogen-bond donors (Lipinski definition) is 1. The van der Waals surface area contributed by atoms with Crippen LogP contribution < -0.4 is 5.32 Å². The number of benzene rings is 1. The zero-order chi connectivity index (χ0) is 17.2. The first-order valence-electron chi connectivity index (χ1n) is 7.72. The number of anilines is 1. The van der Waals surface area contributed by atoms with E-state index in [0.29, 0.717) is 6.54 Å². The lowest BCUT2D eigenvalue weighted by Gasteiger charge is -2.17. The number of hydrogen-bond acceptors (Lipinski definition) is 4. The van der Waals surface area contributed by atoms with Crippen LogP contribution in [0.15, 0.2) is 24.3 Å². The zero-order valence-corrected chi connectivity index (χ0v) is 15.2. The highest BCUT2D eigenvalue weighted by atomic mass is 32.2. The van der Waals surface area contributed by atoms with E-state index >= 15 is 0 Å². The van der Waals surface area contributed by atoms with E-state index in [1.54, 1.807) is 4.68 Å². The van der Waals surface area contributed by atoms with E-state index in [2.05, 4.69) is 36.4 Å². The Labute approximate surface area is 138 Å². The van der Waals surface area contributed by atoms with Gasteiger partial charge in [-0.25, -0.2) is 8.42 Å². The van der Waals surface area contributed by atoms with Gasteiger partial charge < -0.3 is 5.32 Å². The molecule has 0 aliphatic rings. The summed E-state index contributed by atoms with van der Waals surface area (Å²) in [6.45, 7) is 8.51. The van der Waals surface area contributed by atoms with Crippen molar-refractivity contribution in [2.24, 2.45) is 0 Å². The van der Waals surface area contributed by atoms with E-state index < -0.39 is 9.84 Å². The first-order chi connectivity index (χ1) is 10.7. The Morgan fingerprint density at radius 1 is 1.26 bits per heavy atom. The number of aromatic nitrogens is 2. The third-order valence-corrected chi connectivity index (χ3v) is 4.87. The van der Waals surface area contributed by atoms with Gasteiger partial charge in [-0.05, 0) is 45.4 Å². The molecule has 0 fully saturated rings. The highest BCUT2D eigenvalue weighted by molar-refractivity contribution is 7.90. The molecule has 1 atom stereocenters. The third kappa shape index (κ3) is 4.58. The van der Waals surface area contributed by atoms with Crippen molar-refractivity contribution in [1.82, 2.24) is 9.78 Å². The van der Waals surface area contributed by atoms with Gasteiger partial charge in [-0.1, -0.05) is 12.1 Å². The largest absolute Gasteiger partial charge is 0.378 e. The summed E-state index contributed by atoms with van der Waals surface area (Å²) < 4.78 is 24.5. The predicted molar refractivity (Wildman–Crippen MR) is 94.6 cm³/mol. The van der Waals surface area contributed by atoms with Crippen molar-refractivity contribution in [3.05, 3.63) is 46.8 Å². The van der Waals surface area contributed by atoms with Gasteiger partial charge in [-0.3, -0.25) is 4.68 Å². The lowest BCUT2D eigenvalue weighted by molar-refractivity contribution is 0.581. The number of nitrogens with zero attached hydrogens (tertiary/aromatic N) is 2.